The Morgan fingerprint density at radius 1 is 1.15 bits per heavy atom. The van der Waals surface area contributed by atoms with Crippen LogP contribution in [-0.4, -0.2) is 33.3 Å². The number of carbonyl (C=O) groups is 1. The largest absolute Gasteiger partial charge is 0.491 e. The van der Waals surface area contributed by atoms with Crippen LogP contribution in [0.4, 0.5) is 0 Å². The molecule has 0 fully saturated rings. The molecule has 0 N–H and O–H groups in total. The Hall–Kier alpha value is -3.72. The molecule has 0 atom stereocenters. The van der Waals surface area contributed by atoms with Crippen molar-refractivity contribution in [3.63, 3.8) is 0 Å². The fourth-order valence-corrected chi connectivity index (χ4v) is 4.09. The molecule has 0 amide bonds. The van der Waals surface area contributed by atoms with Gasteiger partial charge in [-0.15, -0.1) is 5.10 Å². The second-order valence-electron chi connectivity index (χ2n) is 7.47. The number of thiazole rings is 1. The summed E-state index contributed by atoms with van der Waals surface area (Å²) in [6.45, 7) is 7.52. The van der Waals surface area contributed by atoms with Crippen molar-refractivity contribution in [2.45, 2.75) is 33.8 Å². The number of nitrogens with zero attached hydrogens (tertiary/aromatic N) is 3. The molecule has 170 valence electrons. The summed E-state index contributed by atoms with van der Waals surface area (Å²) < 4.78 is 18.2. The molecular weight excluding hydrogens is 442 g/mol. The van der Waals surface area contributed by atoms with E-state index in [4.69, 9.17) is 14.2 Å². The normalized spacial score (nSPS) is 11.8. The zero-order valence-electron chi connectivity index (χ0n) is 18.7. The van der Waals surface area contributed by atoms with E-state index in [1.54, 1.807) is 24.3 Å². The van der Waals surface area contributed by atoms with Crippen molar-refractivity contribution >= 4 is 28.3 Å². The van der Waals surface area contributed by atoms with Gasteiger partial charge in [-0.3, -0.25) is 9.59 Å². The molecule has 2 heterocycles. The number of carbonyl (C=O) groups excluding carboxylic acids is 1. The first-order valence-electron chi connectivity index (χ1n) is 10.5. The van der Waals surface area contributed by atoms with Crippen LogP contribution in [-0.2, 0) is 4.79 Å². The van der Waals surface area contributed by atoms with E-state index >= 15 is 0 Å². The average Bonchev–Trinajstić information content (AvgIpc) is 3.29. The summed E-state index contributed by atoms with van der Waals surface area (Å²) in [6, 6.07) is 12.6. The van der Waals surface area contributed by atoms with Crippen LogP contribution in [0.2, 0.25) is 0 Å². The topological polar surface area (TPSA) is 92.0 Å². The van der Waals surface area contributed by atoms with Crippen LogP contribution in [0.25, 0.3) is 22.4 Å². The zero-order chi connectivity index (χ0) is 23.5. The van der Waals surface area contributed by atoms with Gasteiger partial charge in [0.15, 0.2) is 17.3 Å². The van der Waals surface area contributed by atoms with Gasteiger partial charge in [-0.1, -0.05) is 17.4 Å². The van der Waals surface area contributed by atoms with Gasteiger partial charge in [-0.05, 0) is 68.8 Å². The number of rotatable bonds is 7. The van der Waals surface area contributed by atoms with Crippen molar-refractivity contribution in [3.05, 3.63) is 62.9 Å². The Morgan fingerprint density at radius 3 is 2.55 bits per heavy atom. The Bertz CT molecular complexity index is 1410. The molecular formula is C24H23N3O5S. The Kier molecular flexibility index (Phi) is 6.41. The standard InChI is InChI=1S/C24H23N3O5S/c1-5-30-20-12-16(6-11-19(20)32-15(4)28)13-21-23(29)27-24(33-21)25-22(26-27)17-7-9-18(10-8-17)31-14(2)3/h6-14H,5H2,1-4H3/b21-13-. The minimum atomic E-state index is -0.432. The van der Waals surface area contributed by atoms with Crippen molar-refractivity contribution in [3.8, 4) is 28.6 Å². The molecule has 0 radical (unpaired) electrons. The third-order valence-corrected chi connectivity index (χ3v) is 5.44. The van der Waals surface area contributed by atoms with Gasteiger partial charge < -0.3 is 14.2 Å². The molecule has 0 unspecified atom stereocenters. The van der Waals surface area contributed by atoms with E-state index in [0.29, 0.717) is 33.4 Å². The predicted molar refractivity (Wildman–Crippen MR) is 126 cm³/mol. The second-order valence-corrected chi connectivity index (χ2v) is 8.48. The number of ether oxygens (including phenoxy) is 3. The molecule has 0 aliphatic carbocycles. The van der Waals surface area contributed by atoms with Crippen molar-refractivity contribution in [2.75, 3.05) is 6.61 Å². The van der Waals surface area contributed by atoms with Crippen LogP contribution in [0.5, 0.6) is 17.2 Å². The fraction of sp³-hybridized carbons (Fsp3) is 0.250. The first-order chi connectivity index (χ1) is 15.8. The lowest BCUT2D eigenvalue weighted by Gasteiger charge is -2.10. The molecule has 4 rings (SSSR count). The summed E-state index contributed by atoms with van der Waals surface area (Å²) in [5, 5.41) is 4.39. The van der Waals surface area contributed by atoms with E-state index in [2.05, 4.69) is 10.1 Å². The summed E-state index contributed by atoms with van der Waals surface area (Å²) >= 11 is 1.25. The first kappa shape index (κ1) is 22.5. The molecule has 0 spiro atoms. The SMILES string of the molecule is CCOc1cc(/C=c2\sc3nc(-c4ccc(OC(C)C)cc4)nn3c2=O)ccc1OC(C)=O. The maximum absolute atomic E-state index is 12.9. The molecule has 2 aromatic heterocycles. The van der Waals surface area contributed by atoms with Crippen LogP contribution < -0.4 is 24.3 Å². The summed E-state index contributed by atoms with van der Waals surface area (Å²) in [4.78, 5) is 29.2. The van der Waals surface area contributed by atoms with Crippen LogP contribution >= 0.6 is 11.3 Å². The summed E-state index contributed by atoms with van der Waals surface area (Å²) in [5.74, 6) is 1.58. The summed E-state index contributed by atoms with van der Waals surface area (Å²) in [7, 11) is 0. The van der Waals surface area contributed by atoms with E-state index in [1.165, 1.54) is 22.8 Å². The monoisotopic (exact) mass is 465 g/mol. The number of aromatic nitrogens is 3. The quantitative estimate of drug-likeness (QED) is 0.305. The molecule has 9 heteroatoms. The van der Waals surface area contributed by atoms with Gasteiger partial charge in [0.1, 0.15) is 5.75 Å². The molecule has 0 aliphatic heterocycles. The van der Waals surface area contributed by atoms with Crippen LogP contribution in [0.3, 0.4) is 0 Å². The molecule has 8 nitrogen and oxygen atoms in total. The second kappa shape index (κ2) is 9.41. The van der Waals surface area contributed by atoms with E-state index in [0.717, 1.165) is 16.9 Å². The highest BCUT2D eigenvalue weighted by Crippen LogP contribution is 2.29. The van der Waals surface area contributed by atoms with Crippen LogP contribution in [0.15, 0.2) is 47.3 Å². The van der Waals surface area contributed by atoms with Gasteiger partial charge >= 0.3 is 5.97 Å². The lowest BCUT2D eigenvalue weighted by Crippen LogP contribution is -2.23. The predicted octanol–water partition coefficient (Wildman–Crippen LogP) is 3.48. The average molecular weight is 466 g/mol. The Balaban J connectivity index is 1.65. The number of hydrogen-bond acceptors (Lipinski definition) is 8. The number of benzene rings is 2. The van der Waals surface area contributed by atoms with Crippen molar-refractivity contribution in [1.82, 2.24) is 14.6 Å². The van der Waals surface area contributed by atoms with Gasteiger partial charge in [0, 0.05) is 12.5 Å². The van der Waals surface area contributed by atoms with Crippen LogP contribution in [0, 0.1) is 0 Å². The van der Waals surface area contributed by atoms with E-state index in [-0.39, 0.29) is 11.7 Å². The minimum absolute atomic E-state index is 0.0899. The molecule has 0 saturated carbocycles. The maximum Gasteiger partial charge on any atom is 0.308 e. The smallest absolute Gasteiger partial charge is 0.308 e. The summed E-state index contributed by atoms with van der Waals surface area (Å²) in [5.41, 5.74) is 1.28. The summed E-state index contributed by atoms with van der Waals surface area (Å²) in [6.07, 6.45) is 1.83. The van der Waals surface area contributed by atoms with Crippen molar-refractivity contribution < 1.29 is 19.0 Å². The van der Waals surface area contributed by atoms with E-state index in [9.17, 15) is 9.59 Å². The van der Waals surface area contributed by atoms with Gasteiger partial charge in [0.25, 0.3) is 5.56 Å². The van der Waals surface area contributed by atoms with Crippen molar-refractivity contribution in [1.29, 1.82) is 0 Å². The Morgan fingerprint density at radius 2 is 1.91 bits per heavy atom. The number of hydrogen-bond donors (Lipinski definition) is 0. The highest BCUT2D eigenvalue weighted by Gasteiger charge is 2.13. The van der Waals surface area contributed by atoms with Crippen molar-refractivity contribution in [2.24, 2.45) is 0 Å². The number of fused-ring (bicyclic) bond motifs is 1. The molecule has 33 heavy (non-hydrogen) atoms. The molecule has 0 bridgehead atoms. The van der Waals surface area contributed by atoms with Gasteiger partial charge in [0.05, 0.1) is 17.2 Å². The van der Waals surface area contributed by atoms with Gasteiger partial charge in [0.2, 0.25) is 4.96 Å². The third-order valence-electron chi connectivity index (χ3n) is 4.49. The lowest BCUT2D eigenvalue weighted by atomic mass is 10.2. The molecule has 0 saturated heterocycles. The fourth-order valence-electron chi connectivity index (χ4n) is 3.18. The lowest BCUT2D eigenvalue weighted by molar-refractivity contribution is -0.132. The van der Waals surface area contributed by atoms with E-state index < -0.39 is 5.97 Å². The first-order valence-corrected chi connectivity index (χ1v) is 11.3. The van der Waals surface area contributed by atoms with Crippen LogP contribution in [0.1, 0.15) is 33.3 Å². The van der Waals surface area contributed by atoms with E-state index in [1.807, 2.05) is 45.0 Å². The number of esters is 1. The molecule has 4 aromatic rings. The maximum atomic E-state index is 12.9. The minimum Gasteiger partial charge on any atom is -0.491 e. The van der Waals surface area contributed by atoms with Gasteiger partial charge in [-0.2, -0.15) is 9.50 Å². The Labute approximate surface area is 194 Å². The molecule has 0 aliphatic rings. The van der Waals surface area contributed by atoms with Gasteiger partial charge in [-0.25, -0.2) is 0 Å². The highest BCUT2D eigenvalue weighted by atomic mass is 32.1. The highest BCUT2D eigenvalue weighted by molar-refractivity contribution is 7.15. The zero-order valence-corrected chi connectivity index (χ0v) is 19.5. The molecule has 2 aromatic carbocycles. The third kappa shape index (κ3) is 5.04.